The molecule has 3 nitrogen and oxygen atoms in total. The van der Waals surface area contributed by atoms with Crippen LogP contribution in [0.3, 0.4) is 0 Å². The zero-order chi connectivity index (χ0) is 10.7. The van der Waals surface area contributed by atoms with Crippen molar-refractivity contribution in [2.24, 2.45) is 0 Å². The highest BCUT2D eigenvalue weighted by Gasteiger charge is 2.21. The van der Waals surface area contributed by atoms with Gasteiger partial charge in [-0.25, -0.2) is 4.39 Å². The van der Waals surface area contributed by atoms with E-state index in [9.17, 15) is 4.39 Å². The molecule has 0 amide bonds. The van der Waals surface area contributed by atoms with E-state index in [0.717, 1.165) is 0 Å². The molecule has 0 saturated carbocycles. The van der Waals surface area contributed by atoms with E-state index >= 15 is 0 Å². The topological polar surface area (TPSA) is 45.1 Å². The van der Waals surface area contributed by atoms with Gasteiger partial charge in [-0.05, 0) is 5.47 Å². The van der Waals surface area contributed by atoms with Crippen molar-refractivity contribution in [3.8, 4) is 0 Å². The summed E-state index contributed by atoms with van der Waals surface area (Å²) >= 11 is 0. The average Bonchev–Trinajstić information content (AvgIpc) is 2.15. The summed E-state index contributed by atoms with van der Waals surface area (Å²) in [4.78, 5) is 0. The van der Waals surface area contributed by atoms with Gasteiger partial charge in [0.1, 0.15) is 19.3 Å². The molecule has 0 bridgehead atoms. The van der Waals surface area contributed by atoms with Crippen molar-refractivity contribution in [1.82, 2.24) is 5.32 Å². The molecule has 0 fully saturated rings. The van der Waals surface area contributed by atoms with Gasteiger partial charge in [0.2, 0.25) is 0 Å². The minimum atomic E-state index is -0.617. The van der Waals surface area contributed by atoms with Gasteiger partial charge in [0.15, 0.2) is 5.83 Å². The van der Waals surface area contributed by atoms with Gasteiger partial charge >= 0.3 is 0 Å². The van der Waals surface area contributed by atoms with Crippen LogP contribution in [0, 0.1) is 5.41 Å². The zero-order valence-electron chi connectivity index (χ0n) is 8.44. The average molecular weight is 194 g/mol. The Balaban J connectivity index is 3.16. The van der Waals surface area contributed by atoms with E-state index in [1.807, 2.05) is 0 Å². The standard InChI is InChI=1S/C9H12BFN2O/c1-13-4-5-3-6(10)9(14-2)7(11)8(5)12/h3-4,12-13H,10H2,1-2H3/b5-4-,12-8?. The van der Waals surface area contributed by atoms with Crippen molar-refractivity contribution >= 4 is 13.6 Å². The molecule has 0 spiro atoms. The number of hydrogen-bond donors (Lipinski definition) is 2. The molecule has 0 aromatic heterocycles. The van der Waals surface area contributed by atoms with Crippen LogP contribution in [0.15, 0.2) is 34.9 Å². The van der Waals surface area contributed by atoms with Crippen molar-refractivity contribution in [2.75, 3.05) is 14.2 Å². The number of rotatable bonds is 2. The number of hydrogen-bond acceptors (Lipinski definition) is 3. The van der Waals surface area contributed by atoms with E-state index in [2.05, 4.69) is 5.32 Å². The third kappa shape index (κ3) is 1.71. The first kappa shape index (κ1) is 10.6. The molecule has 0 aromatic rings. The first-order valence-corrected chi connectivity index (χ1v) is 4.21. The molecule has 1 aliphatic carbocycles. The summed E-state index contributed by atoms with van der Waals surface area (Å²) < 4.78 is 18.3. The predicted molar refractivity (Wildman–Crippen MR) is 56.6 cm³/mol. The fraction of sp³-hybridized carbons (Fsp3) is 0.222. The molecule has 0 atom stereocenters. The maximum Gasteiger partial charge on any atom is 0.189 e. The highest BCUT2D eigenvalue weighted by molar-refractivity contribution is 6.28. The van der Waals surface area contributed by atoms with E-state index < -0.39 is 5.83 Å². The Morgan fingerprint density at radius 3 is 2.79 bits per heavy atom. The molecule has 0 radical (unpaired) electrons. The Labute approximate surface area is 83.3 Å². The summed E-state index contributed by atoms with van der Waals surface area (Å²) in [5, 5.41) is 10.3. The number of halogens is 1. The molecule has 2 N–H and O–H groups in total. The van der Waals surface area contributed by atoms with Gasteiger partial charge in [0.25, 0.3) is 0 Å². The molecule has 14 heavy (non-hydrogen) atoms. The second kappa shape index (κ2) is 4.13. The van der Waals surface area contributed by atoms with Gasteiger partial charge in [0, 0.05) is 18.8 Å². The summed E-state index contributed by atoms with van der Waals surface area (Å²) in [5.41, 5.74) is 1.05. The van der Waals surface area contributed by atoms with Crippen molar-refractivity contribution in [2.45, 2.75) is 0 Å². The SMILES string of the molecule is BC1=C/C(=C/NC)C(=N)C(F)=C1OC. The molecule has 0 saturated heterocycles. The van der Waals surface area contributed by atoms with Crippen LogP contribution in [0.5, 0.6) is 0 Å². The second-order valence-corrected chi connectivity index (χ2v) is 2.94. The quantitative estimate of drug-likeness (QED) is 0.627. The maximum absolute atomic E-state index is 13.5. The lowest BCUT2D eigenvalue weighted by atomic mass is 9.85. The summed E-state index contributed by atoms with van der Waals surface area (Å²) in [6.45, 7) is 0. The van der Waals surface area contributed by atoms with E-state index in [1.54, 1.807) is 27.2 Å². The summed E-state index contributed by atoms with van der Waals surface area (Å²) in [6, 6.07) is 0. The number of allylic oxidation sites excluding steroid dienone is 4. The van der Waals surface area contributed by atoms with Crippen LogP contribution in [0.1, 0.15) is 0 Å². The lowest BCUT2D eigenvalue weighted by Gasteiger charge is -2.16. The Bertz CT molecular complexity index is 358. The molecular formula is C9H12BFN2O. The van der Waals surface area contributed by atoms with Crippen LogP contribution in [0.2, 0.25) is 0 Å². The maximum atomic E-state index is 13.5. The van der Waals surface area contributed by atoms with E-state index in [1.165, 1.54) is 7.11 Å². The summed E-state index contributed by atoms with van der Waals surface area (Å²) in [5.74, 6) is -0.475. The van der Waals surface area contributed by atoms with Gasteiger partial charge in [0.05, 0.1) is 7.11 Å². The Morgan fingerprint density at radius 1 is 1.64 bits per heavy atom. The molecule has 1 aliphatic rings. The van der Waals surface area contributed by atoms with Crippen molar-refractivity contribution in [3.05, 3.63) is 34.9 Å². The lowest BCUT2D eigenvalue weighted by molar-refractivity contribution is 0.292. The van der Waals surface area contributed by atoms with E-state index in [-0.39, 0.29) is 11.5 Å². The first-order valence-electron chi connectivity index (χ1n) is 4.21. The minimum absolute atomic E-state index is 0.142. The largest absolute Gasteiger partial charge is 0.494 e. The van der Waals surface area contributed by atoms with Gasteiger partial charge in [-0.2, -0.15) is 0 Å². The third-order valence-corrected chi connectivity index (χ3v) is 1.94. The second-order valence-electron chi connectivity index (χ2n) is 2.94. The van der Waals surface area contributed by atoms with Crippen LogP contribution in [-0.2, 0) is 4.74 Å². The Kier molecular flexibility index (Phi) is 3.12. The minimum Gasteiger partial charge on any atom is -0.494 e. The van der Waals surface area contributed by atoms with Crippen LogP contribution >= 0.6 is 0 Å². The third-order valence-electron chi connectivity index (χ3n) is 1.94. The van der Waals surface area contributed by atoms with Crippen LogP contribution in [0.4, 0.5) is 4.39 Å². The van der Waals surface area contributed by atoms with Gasteiger partial charge in [-0.1, -0.05) is 6.08 Å². The van der Waals surface area contributed by atoms with Gasteiger partial charge in [-0.3, -0.25) is 5.41 Å². The molecule has 74 valence electrons. The molecule has 0 heterocycles. The molecule has 1 rings (SSSR count). The van der Waals surface area contributed by atoms with Crippen molar-refractivity contribution in [3.63, 3.8) is 0 Å². The highest BCUT2D eigenvalue weighted by Crippen LogP contribution is 2.25. The fourth-order valence-electron chi connectivity index (χ4n) is 1.30. The molecule has 0 aromatic carbocycles. The highest BCUT2D eigenvalue weighted by atomic mass is 19.1. The molecule has 0 aliphatic heterocycles. The Hall–Kier alpha value is -1.52. The normalized spacial score (nSPS) is 19.8. The Morgan fingerprint density at radius 2 is 2.29 bits per heavy atom. The molecule has 0 unspecified atom stereocenters. The summed E-state index contributed by atoms with van der Waals surface area (Å²) in [7, 11) is 4.84. The molecular weight excluding hydrogens is 182 g/mol. The van der Waals surface area contributed by atoms with Gasteiger partial charge in [-0.15, -0.1) is 0 Å². The molecule has 5 heteroatoms. The van der Waals surface area contributed by atoms with Gasteiger partial charge < -0.3 is 10.1 Å². The zero-order valence-corrected chi connectivity index (χ0v) is 8.44. The first-order chi connectivity index (χ1) is 6.61. The predicted octanol–water partition coefficient (Wildman–Crippen LogP) is 0.468. The van der Waals surface area contributed by atoms with Crippen LogP contribution in [0.25, 0.3) is 0 Å². The monoisotopic (exact) mass is 194 g/mol. The number of methoxy groups -OCH3 is 1. The van der Waals surface area contributed by atoms with Crippen LogP contribution in [-0.4, -0.2) is 27.7 Å². The van der Waals surface area contributed by atoms with Crippen molar-refractivity contribution in [1.29, 1.82) is 5.41 Å². The van der Waals surface area contributed by atoms with E-state index in [4.69, 9.17) is 10.1 Å². The lowest BCUT2D eigenvalue weighted by Crippen LogP contribution is -2.14. The van der Waals surface area contributed by atoms with E-state index in [0.29, 0.717) is 11.0 Å². The summed E-state index contributed by atoms with van der Waals surface area (Å²) in [6.07, 6.45) is 3.29. The number of ether oxygens (including phenoxy) is 1. The smallest absolute Gasteiger partial charge is 0.189 e. The fourth-order valence-corrected chi connectivity index (χ4v) is 1.30. The number of nitrogens with one attached hydrogen (secondary N) is 2. The van der Waals surface area contributed by atoms with Crippen LogP contribution < -0.4 is 5.32 Å². The van der Waals surface area contributed by atoms with Crippen molar-refractivity contribution < 1.29 is 9.13 Å².